The predicted molar refractivity (Wildman–Crippen MR) is 79.5 cm³/mol. The number of nitrogens with two attached hydrogens (primary N) is 1. The van der Waals surface area contributed by atoms with Gasteiger partial charge in [0.05, 0.1) is 0 Å². The quantitative estimate of drug-likeness (QED) is 0.868. The molecule has 3 N–H and O–H groups in total. The molecular weight excluding hydrogens is 254 g/mol. The monoisotopic (exact) mass is 277 g/mol. The van der Waals surface area contributed by atoms with E-state index in [0.717, 1.165) is 31.5 Å². The van der Waals surface area contributed by atoms with Crippen LogP contribution in [-0.2, 0) is 11.2 Å². The number of nitrogens with one attached hydrogen (secondary N) is 1. The molecule has 6 heteroatoms. The van der Waals surface area contributed by atoms with Crippen molar-refractivity contribution in [1.82, 2.24) is 14.9 Å². The standard InChI is InChI=1S/C14H23N5O/c1-4-11-17-12(15)9(2)13(18-11)16-10(3)14(20)19-7-5-6-8-19/h10H,4-8H2,1-3H3,(H3,15,16,17,18). The molecule has 1 aliphatic heterocycles. The van der Waals surface area contributed by atoms with Gasteiger partial charge in [0.1, 0.15) is 23.5 Å². The van der Waals surface area contributed by atoms with Crippen LogP contribution in [0.2, 0.25) is 0 Å². The molecule has 1 amide bonds. The van der Waals surface area contributed by atoms with Crippen LogP contribution in [0, 0.1) is 6.92 Å². The van der Waals surface area contributed by atoms with Crippen molar-refractivity contribution >= 4 is 17.5 Å². The fourth-order valence-corrected chi connectivity index (χ4v) is 2.36. The Morgan fingerprint density at radius 1 is 1.40 bits per heavy atom. The summed E-state index contributed by atoms with van der Waals surface area (Å²) >= 11 is 0. The molecule has 1 fully saturated rings. The van der Waals surface area contributed by atoms with Crippen LogP contribution in [0.1, 0.15) is 38.1 Å². The molecular formula is C14H23N5O. The molecule has 20 heavy (non-hydrogen) atoms. The Labute approximate surface area is 119 Å². The summed E-state index contributed by atoms with van der Waals surface area (Å²) in [5.41, 5.74) is 6.68. The van der Waals surface area contributed by atoms with Gasteiger partial charge in [-0.2, -0.15) is 0 Å². The first-order valence-electron chi connectivity index (χ1n) is 7.21. The first-order chi connectivity index (χ1) is 9.52. The van der Waals surface area contributed by atoms with Gasteiger partial charge in [-0.1, -0.05) is 6.92 Å². The number of carbonyl (C=O) groups is 1. The van der Waals surface area contributed by atoms with Crippen molar-refractivity contribution in [2.45, 2.75) is 46.1 Å². The van der Waals surface area contributed by atoms with Crippen molar-refractivity contribution in [3.05, 3.63) is 11.4 Å². The number of aryl methyl sites for hydroxylation is 1. The summed E-state index contributed by atoms with van der Waals surface area (Å²) in [5.74, 6) is 1.95. The summed E-state index contributed by atoms with van der Waals surface area (Å²) in [7, 11) is 0. The van der Waals surface area contributed by atoms with Gasteiger partial charge in [0.25, 0.3) is 0 Å². The number of aromatic nitrogens is 2. The molecule has 2 heterocycles. The highest BCUT2D eigenvalue weighted by Gasteiger charge is 2.24. The first-order valence-corrected chi connectivity index (χ1v) is 7.21. The number of likely N-dealkylation sites (tertiary alicyclic amines) is 1. The highest BCUT2D eigenvalue weighted by molar-refractivity contribution is 5.84. The van der Waals surface area contributed by atoms with Crippen LogP contribution >= 0.6 is 0 Å². The second-order valence-electron chi connectivity index (χ2n) is 5.25. The van der Waals surface area contributed by atoms with E-state index in [1.54, 1.807) is 0 Å². The Bertz CT molecular complexity index is 497. The van der Waals surface area contributed by atoms with E-state index >= 15 is 0 Å². The van der Waals surface area contributed by atoms with Gasteiger partial charge in [-0.05, 0) is 26.7 Å². The van der Waals surface area contributed by atoms with Crippen molar-refractivity contribution in [3.63, 3.8) is 0 Å². The lowest BCUT2D eigenvalue weighted by atomic mass is 10.2. The maximum absolute atomic E-state index is 12.3. The zero-order valence-corrected chi connectivity index (χ0v) is 12.4. The van der Waals surface area contributed by atoms with Crippen LogP contribution in [0.5, 0.6) is 0 Å². The van der Waals surface area contributed by atoms with E-state index in [4.69, 9.17) is 5.73 Å². The highest BCUT2D eigenvalue weighted by atomic mass is 16.2. The fourth-order valence-electron chi connectivity index (χ4n) is 2.36. The van der Waals surface area contributed by atoms with E-state index in [1.807, 2.05) is 25.7 Å². The van der Waals surface area contributed by atoms with Crippen molar-refractivity contribution in [1.29, 1.82) is 0 Å². The summed E-state index contributed by atoms with van der Waals surface area (Å²) in [4.78, 5) is 22.8. The molecule has 0 spiro atoms. The molecule has 0 aromatic carbocycles. The summed E-state index contributed by atoms with van der Waals surface area (Å²) < 4.78 is 0. The minimum atomic E-state index is -0.300. The fraction of sp³-hybridized carbons (Fsp3) is 0.643. The Morgan fingerprint density at radius 2 is 2.05 bits per heavy atom. The molecule has 2 rings (SSSR count). The van der Waals surface area contributed by atoms with Crippen LogP contribution in [0.15, 0.2) is 0 Å². The highest BCUT2D eigenvalue weighted by Crippen LogP contribution is 2.19. The summed E-state index contributed by atoms with van der Waals surface area (Å²) in [6.07, 6.45) is 2.91. The zero-order valence-electron chi connectivity index (χ0n) is 12.4. The Hall–Kier alpha value is -1.85. The minimum Gasteiger partial charge on any atom is -0.383 e. The molecule has 1 atom stereocenters. The molecule has 6 nitrogen and oxygen atoms in total. The SMILES string of the molecule is CCc1nc(N)c(C)c(NC(C)C(=O)N2CCCC2)n1. The Morgan fingerprint density at radius 3 is 2.65 bits per heavy atom. The molecule has 1 aliphatic rings. The molecule has 0 bridgehead atoms. The number of amides is 1. The van der Waals surface area contributed by atoms with Gasteiger partial charge in [0, 0.05) is 25.1 Å². The molecule has 0 radical (unpaired) electrons. The third-order valence-electron chi connectivity index (χ3n) is 3.69. The number of nitrogens with zero attached hydrogens (tertiary/aromatic N) is 3. The van der Waals surface area contributed by atoms with Crippen molar-refractivity contribution in [2.75, 3.05) is 24.1 Å². The second-order valence-corrected chi connectivity index (χ2v) is 5.25. The number of hydrogen-bond acceptors (Lipinski definition) is 5. The molecule has 1 aromatic rings. The van der Waals surface area contributed by atoms with Crippen LogP contribution in [0.25, 0.3) is 0 Å². The van der Waals surface area contributed by atoms with E-state index in [-0.39, 0.29) is 11.9 Å². The maximum atomic E-state index is 12.3. The molecule has 0 aliphatic carbocycles. The van der Waals surface area contributed by atoms with Gasteiger partial charge in [0.2, 0.25) is 5.91 Å². The lowest BCUT2D eigenvalue weighted by Gasteiger charge is -2.22. The van der Waals surface area contributed by atoms with Crippen LogP contribution < -0.4 is 11.1 Å². The minimum absolute atomic E-state index is 0.122. The van der Waals surface area contributed by atoms with Gasteiger partial charge in [-0.25, -0.2) is 9.97 Å². The van der Waals surface area contributed by atoms with E-state index < -0.39 is 0 Å². The zero-order chi connectivity index (χ0) is 14.7. The van der Waals surface area contributed by atoms with Gasteiger partial charge in [-0.15, -0.1) is 0 Å². The molecule has 0 saturated carbocycles. The Kier molecular flexibility index (Phi) is 4.42. The smallest absolute Gasteiger partial charge is 0.244 e. The maximum Gasteiger partial charge on any atom is 0.244 e. The topological polar surface area (TPSA) is 84.1 Å². The second kappa shape index (κ2) is 6.07. The van der Waals surface area contributed by atoms with Crippen LogP contribution in [-0.4, -0.2) is 39.9 Å². The molecule has 1 unspecified atom stereocenters. The summed E-state index contributed by atoms with van der Waals surface area (Å²) in [5, 5.41) is 3.18. The average molecular weight is 277 g/mol. The lowest BCUT2D eigenvalue weighted by Crippen LogP contribution is -2.40. The molecule has 1 saturated heterocycles. The van der Waals surface area contributed by atoms with Crippen molar-refractivity contribution < 1.29 is 4.79 Å². The predicted octanol–water partition coefficient (Wildman–Crippen LogP) is 1.35. The third-order valence-corrected chi connectivity index (χ3v) is 3.69. The molecule has 110 valence electrons. The number of hydrogen-bond donors (Lipinski definition) is 2. The van der Waals surface area contributed by atoms with Gasteiger partial charge in [0.15, 0.2) is 0 Å². The van der Waals surface area contributed by atoms with Gasteiger partial charge >= 0.3 is 0 Å². The number of rotatable bonds is 4. The largest absolute Gasteiger partial charge is 0.383 e. The van der Waals surface area contributed by atoms with Crippen molar-refractivity contribution in [2.24, 2.45) is 0 Å². The first kappa shape index (κ1) is 14.6. The van der Waals surface area contributed by atoms with E-state index in [0.29, 0.717) is 23.9 Å². The average Bonchev–Trinajstić information content (AvgIpc) is 2.96. The summed E-state index contributed by atoms with van der Waals surface area (Å²) in [6, 6.07) is -0.300. The number of anilines is 2. The van der Waals surface area contributed by atoms with Crippen LogP contribution in [0.4, 0.5) is 11.6 Å². The number of carbonyl (C=O) groups excluding carboxylic acids is 1. The molecule has 1 aromatic heterocycles. The summed E-state index contributed by atoms with van der Waals surface area (Å²) in [6.45, 7) is 7.42. The van der Waals surface area contributed by atoms with Gasteiger partial charge < -0.3 is 16.0 Å². The van der Waals surface area contributed by atoms with E-state index in [2.05, 4.69) is 15.3 Å². The lowest BCUT2D eigenvalue weighted by molar-refractivity contribution is -0.130. The van der Waals surface area contributed by atoms with Gasteiger partial charge in [-0.3, -0.25) is 4.79 Å². The van der Waals surface area contributed by atoms with Crippen LogP contribution in [0.3, 0.4) is 0 Å². The normalized spacial score (nSPS) is 16.2. The number of nitrogen functional groups attached to an aromatic ring is 1. The van der Waals surface area contributed by atoms with E-state index in [1.165, 1.54) is 0 Å². The van der Waals surface area contributed by atoms with E-state index in [9.17, 15) is 4.79 Å². The third kappa shape index (κ3) is 3.00. The van der Waals surface area contributed by atoms with Crippen molar-refractivity contribution in [3.8, 4) is 0 Å². The Balaban J connectivity index is 2.12.